The summed E-state index contributed by atoms with van der Waals surface area (Å²) in [5.41, 5.74) is 0.754. The van der Waals surface area contributed by atoms with Crippen molar-refractivity contribution in [1.82, 2.24) is 15.3 Å². The van der Waals surface area contributed by atoms with Gasteiger partial charge in [-0.15, -0.1) is 12.4 Å². The van der Waals surface area contributed by atoms with E-state index in [1.807, 2.05) is 6.92 Å². The average Bonchev–Trinajstić information content (AvgIpc) is 2.67. The molecule has 0 aromatic carbocycles. The molecule has 0 saturated carbocycles. The third-order valence-electron chi connectivity index (χ3n) is 2.30. The predicted molar refractivity (Wildman–Crippen MR) is 66.7 cm³/mol. The molecule has 1 aliphatic heterocycles. The number of nitrogens with zero attached hydrogens (tertiary/aromatic N) is 2. The molecule has 0 bridgehead atoms. The van der Waals surface area contributed by atoms with Crippen molar-refractivity contribution in [3.8, 4) is 0 Å². The van der Waals surface area contributed by atoms with Crippen molar-refractivity contribution in [3.63, 3.8) is 0 Å². The molecule has 4 nitrogen and oxygen atoms in total. The molecule has 0 amide bonds. The lowest BCUT2D eigenvalue weighted by molar-refractivity contribution is 0.663. The zero-order valence-corrected chi connectivity index (χ0v) is 11.2. The molecule has 2 atom stereocenters. The molecule has 1 aliphatic rings. The van der Waals surface area contributed by atoms with E-state index in [1.54, 1.807) is 6.07 Å². The summed E-state index contributed by atoms with van der Waals surface area (Å²) in [6.07, 6.45) is 0.904. The second kappa shape index (κ2) is 5.91. The molecule has 1 aromatic heterocycles. The van der Waals surface area contributed by atoms with Crippen LogP contribution in [0.5, 0.6) is 0 Å². The van der Waals surface area contributed by atoms with Crippen molar-refractivity contribution >= 4 is 34.8 Å². The van der Waals surface area contributed by atoms with Crippen molar-refractivity contribution in [2.75, 3.05) is 13.1 Å². The minimum absolute atomic E-state index is 0. The van der Waals surface area contributed by atoms with Crippen molar-refractivity contribution < 1.29 is 4.21 Å². The van der Waals surface area contributed by atoms with Crippen molar-refractivity contribution in [3.05, 3.63) is 16.9 Å². The molecule has 90 valence electrons. The van der Waals surface area contributed by atoms with Gasteiger partial charge in [0.15, 0.2) is 0 Å². The highest BCUT2D eigenvalue weighted by atomic mass is 35.5. The lowest BCUT2D eigenvalue weighted by atomic mass is 10.4. The van der Waals surface area contributed by atoms with Gasteiger partial charge in [-0.1, -0.05) is 11.6 Å². The Balaban J connectivity index is 0.00000128. The van der Waals surface area contributed by atoms with E-state index >= 15 is 0 Å². The van der Waals surface area contributed by atoms with Crippen LogP contribution >= 0.6 is 24.0 Å². The molecular formula is C9H13Cl2N3OS. The number of aromatic nitrogens is 2. The SMILES string of the molecule is Cc1cc(Cl)nc(S(=O)C2CCNC2)n1.Cl. The number of hydrogen-bond donors (Lipinski definition) is 1. The minimum atomic E-state index is -1.15. The third kappa shape index (κ3) is 3.13. The Morgan fingerprint density at radius 1 is 1.56 bits per heavy atom. The number of halogens is 2. The molecule has 1 saturated heterocycles. The van der Waals surface area contributed by atoms with Crippen molar-refractivity contribution in [2.45, 2.75) is 23.8 Å². The molecule has 2 rings (SSSR count). The van der Waals surface area contributed by atoms with E-state index in [2.05, 4.69) is 15.3 Å². The van der Waals surface area contributed by atoms with Crippen LogP contribution in [0.1, 0.15) is 12.1 Å². The first-order valence-electron chi connectivity index (χ1n) is 4.79. The summed E-state index contributed by atoms with van der Waals surface area (Å²) < 4.78 is 12.0. The standard InChI is InChI=1S/C9H12ClN3OS.ClH/c1-6-4-8(10)13-9(12-6)15(14)7-2-3-11-5-7;/h4,7,11H,2-3,5H2,1H3;1H. The third-order valence-corrected chi connectivity index (χ3v) is 4.04. The number of rotatable bonds is 2. The summed E-state index contributed by atoms with van der Waals surface area (Å²) in [4.78, 5) is 8.16. The Morgan fingerprint density at radius 3 is 2.88 bits per heavy atom. The van der Waals surface area contributed by atoms with Crippen LogP contribution in [0.4, 0.5) is 0 Å². The number of aryl methyl sites for hydroxylation is 1. The smallest absolute Gasteiger partial charge is 0.220 e. The molecule has 2 heterocycles. The van der Waals surface area contributed by atoms with Gasteiger partial charge in [0.05, 0.1) is 16.0 Å². The zero-order chi connectivity index (χ0) is 10.8. The Kier molecular flexibility index (Phi) is 5.11. The Morgan fingerprint density at radius 2 is 2.31 bits per heavy atom. The van der Waals surface area contributed by atoms with Gasteiger partial charge in [0.25, 0.3) is 0 Å². The molecule has 16 heavy (non-hydrogen) atoms. The first-order chi connectivity index (χ1) is 7.16. The lowest BCUT2D eigenvalue weighted by Crippen LogP contribution is -2.20. The Hall–Kier alpha value is -0.230. The first-order valence-corrected chi connectivity index (χ1v) is 6.38. The van der Waals surface area contributed by atoms with Gasteiger partial charge in [-0.25, -0.2) is 9.97 Å². The highest BCUT2D eigenvalue weighted by Crippen LogP contribution is 2.15. The summed E-state index contributed by atoms with van der Waals surface area (Å²) >= 11 is 5.80. The minimum Gasteiger partial charge on any atom is -0.315 e. The van der Waals surface area contributed by atoms with Crippen LogP contribution in [-0.4, -0.2) is 32.5 Å². The van der Waals surface area contributed by atoms with Gasteiger partial charge in [-0.05, 0) is 26.0 Å². The Bertz CT molecular complexity index is 376. The molecule has 1 fully saturated rings. The summed E-state index contributed by atoms with van der Waals surface area (Å²) in [5.74, 6) is 0. The average molecular weight is 282 g/mol. The highest BCUT2D eigenvalue weighted by molar-refractivity contribution is 7.85. The van der Waals surface area contributed by atoms with E-state index in [0.717, 1.165) is 25.2 Å². The normalized spacial score (nSPS) is 21.5. The molecule has 2 unspecified atom stereocenters. The molecule has 0 spiro atoms. The van der Waals surface area contributed by atoms with Crippen LogP contribution in [0.3, 0.4) is 0 Å². The zero-order valence-electron chi connectivity index (χ0n) is 8.77. The van der Waals surface area contributed by atoms with Gasteiger partial charge >= 0.3 is 0 Å². The summed E-state index contributed by atoms with van der Waals surface area (Å²) in [7, 11) is -1.15. The Labute approximate surface area is 108 Å². The monoisotopic (exact) mass is 281 g/mol. The lowest BCUT2D eigenvalue weighted by Gasteiger charge is -2.07. The van der Waals surface area contributed by atoms with Gasteiger partial charge < -0.3 is 5.32 Å². The molecule has 1 aromatic rings. The van der Waals surface area contributed by atoms with Gasteiger partial charge in [-0.2, -0.15) is 0 Å². The quantitative estimate of drug-likeness (QED) is 0.657. The highest BCUT2D eigenvalue weighted by Gasteiger charge is 2.24. The maximum atomic E-state index is 12.0. The van der Waals surface area contributed by atoms with E-state index < -0.39 is 10.8 Å². The second-order valence-electron chi connectivity index (χ2n) is 3.53. The fraction of sp³-hybridized carbons (Fsp3) is 0.556. The van der Waals surface area contributed by atoms with Gasteiger partial charge in [0.1, 0.15) is 5.15 Å². The first kappa shape index (κ1) is 13.8. The molecule has 0 aliphatic carbocycles. The fourth-order valence-corrected chi connectivity index (χ4v) is 3.16. The predicted octanol–water partition coefficient (Wildman–Crippen LogP) is 1.33. The van der Waals surface area contributed by atoms with Crippen LogP contribution in [-0.2, 0) is 10.8 Å². The number of nitrogens with one attached hydrogen (secondary N) is 1. The van der Waals surface area contributed by atoms with E-state index in [0.29, 0.717) is 10.3 Å². The van der Waals surface area contributed by atoms with Gasteiger partial charge in [0, 0.05) is 12.2 Å². The van der Waals surface area contributed by atoms with E-state index in [4.69, 9.17) is 11.6 Å². The maximum absolute atomic E-state index is 12.0. The van der Waals surface area contributed by atoms with Crippen LogP contribution in [0.15, 0.2) is 11.2 Å². The van der Waals surface area contributed by atoms with Crippen molar-refractivity contribution in [1.29, 1.82) is 0 Å². The van der Waals surface area contributed by atoms with Crippen molar-refractivity contribution in [2.24, 2.45) is 0 Å². The van der Waals surface area contributed by atoms with E-state index in [9.17, 15) is 4.21 Å². The largest absolute Gasteiger partial charge is 0.315 e. The van der Waals surface area contributed by atoms with Crippen LogP contribution < -0.4 is 5.32 Å². The fourth-order valence-electron chi connectivity index (χ4n) is 1.55. The summed E-state index contributed by atoms with van der Waals surface area (Å²) in [6.45, 7) is 3.50. The van der Waals surface area contributed by atoms with Gasteiger partial charge in [0.2, 0.25) is 5.16 Å². The molecule has 7 heteroatoms. The number of hydrogen-bond acceptors (Lipinski definition) is 4. The van der Waals surface area contributed by atoms with E-state index in [1.165, 1.54) is 0 Å². The molecule has 1 N–H and O–H groups in total. The summed E-state index contributed by atoms with van der Waals surface area (Å²) in [5, 5.41) is 4.00. The van der Waals surface area contributed by atoms with Crippen LogP contribution in [0, 0.1) is 6.92 Å². The van der Waals surface area contributed by atoms with Crippen LogP contribution in [0.25, 0.3) is 0 Å². The van der Waals surface area contributed by atoms with Gasteiger partial charge in [-0.3, -0.25) is 4.21 Å². The van der Waals surface area contributed by atoms with E-state index in [-0.39, 0.29) is 17.7 Å². The van der Waals surface area contributed by atoms with Crippen LogP contribution in [0.2, 0.25) is 5.15 Å². The molecular weight excluding hydrogens is 269 g/mol. The topological polar surface area (TPSA) is 54.9 Å². The summed E-state index contributed by atoms with van der Waals surface area (Å²) in [6, 6.07) is 1.66. The maximum Gasteiger partial charge on any atom is 0.220 e. The second-order valence-corrected chi connectivity index (χ2v) is 5.54. The molecule has 0 radical (unpaired) electrons.